The monoisotopic (exact) mass is 288 g/mol. The predicted molar refractivity (Wildman–Crippen MR) is 72.6 cm³/mol. The lowest BCUT2D eigenvalue weighted by atomic mass is 10.2. The number of rotatable bonds is 3. The van der Waals surface area contributed by atoms with Crippen LogP contribution in [-0.4, -0.2) is 30.7 Å². The van der Waals surface area contributed by atoms with E-state index >= 15 is 0 Å². The van der Waals surface area contributed by atoms with Crippen LogP contribution < -0.4 is 0 Å². The Hall–Kier alpha value is -2.47. The highest BCUT2D eigenvalue weighted by atomic mass is 35.5. The topological polar surface area (TPSA) is 80.4 Å². The van der Waals surface area contributed by atoms with Gasteiger partial charge >= 0.3 is 5.97 Å². The van der Waals surface area contributed by atoms with Crippen molar-refractivity contribution < 1.29 is 9.90 Å². The van der Waals surface area contributed by atoms with Crippen molar-refractivity contribution in [3.8, 4) is 11.3 Å². The molecule has 0 aliphatic carbocycles. The van der Waals surface area contributed by atoms with Gasteiger partial charge in [-0.15, -0.1) is 0 Å². The van der Waals surface area contributed by atoms with E-state index in [1.807, 2.05) is 12.1 Å². The summed E-state index contributed by atoms with van der Waals surface area (Å²) in [5.41, 5.74) is 2.51. The summed E-state index contributed by atoms with van der Waals surface area (Å²) in [7, 11) is 0. The second kappa shape index (κ2) is 4.90. The lowest BCUT2D eigenvalue weighted by Gasteiger charge is -2.00. The number of carboxylic acids is 1. The number of hydrogen-bond acceptors (Lipinski definition) is 4. The Balaban J connectivity index is 2.11. The Kier molecular flexibility index (Phi) is 3.08. The van der Waals surface area contributed by atoms with Gasteiger partial charge in [-0.3, -0.25) is 9.78 Å². The van der Waals surface area contributed by atoms with Crippen molar-refractivity contribution in [3.05, 3.63) is 47.5 Å². The molecule has 3 aromatic rings. The van der Waals surface area contributed by atoms with Gasteiger partial charge in [-0.2, -0.15) is 5.10 Å². The van der Waals surface area contributed by atoms with Gasteiger partial charge in [-0.25, -0.2) is 9.50 Å². The van der Waals surface area contributed by atoms with Crippen molar-refractivity contribution in [2.24, 2.45) is 0 Å². The van der Waals surface area contributed by atoms with Crippen molar-refractivity contribution >= 4 is 23.2 Å². The fourth-order valence-electron chi connectivity index (χ4n) is 1.90. The second-order valence-corrected chi connectivity index (χ2v) is 4.56. The molecule has 0 bridgehead atoms. The average Bonchev–Trinajstić information content (AvgIpc) is 2.83. The van der Waals surface area contributed by atoms with Crippen molar-refractivity contribution in [1.29, 1.82) is 0 Å². The van der Waals surface area contributed by atoms with Gasteiger partial charge in [0.25, 0.3) is 0 Å². The van der Waals surface area contributed by atoms with Crippen LogP contribution in [0.1, 0.15) is 5.69 Å². The minimum absolute atomic E-state index is 0.175. The molecule has 3 aromatic heterocycles. The molecule has 20 heavy (non-hydrogen) atoms. The molecular weight excluding hydrogens is 280 g/mol. The Labute approximate surface area is 118 Å². The average molecular weight is 289 g/mol. The highest BCUT2D eigenvalue weighted by Crippen LogP contribution is 2.21. The third-order valence-corrected chi connectivity index (χ3v) is 3.01. The largest absolute Gasteiger partial charge is 0.481 e. The quantitative estimate of drug-likeness (QED) is 0.746. The van der Waals surface area contributed by atoms with Crippen LogP contribution in [0.3, 0.4) is 0 Å². The van der Waals surface area contributed by atoms with Crippen molar-refractivity contribution in [1.82, 2.24) is 19.6 Å². The first-order valence-electron chi connectivity index (χ1n) is 5.81. The number of hydrogen-bond donors (Lipinski definition) is 1. The summed E-state index contributed by atoms with van der Waals surface area (Å²) in [5, 5.41) is 13.5. The standard InChI is InChI=1S/C13H9ClN4O2/c14-11-5-9(6-13(19)20)16-12-7-10(17-18(11)12)8-1-3-15-4-2-8/h1-5,7H,6H2,(H,19,20). The zero-order valence-corrected chi connectivity index (χ0v) is 10.9. The van der Waals surface area contributed by atoms with Crippen LogP contribution in [0.25, 0.3) is 16.9 Å². The lowest BCUT2D eigenvalue weighted by molar-refractivity contribution is -0.136. The Bertz CT molecular complexity index is 786. The number of aliphatic carboxylic acids is 1. The third-order valence-electron chi connectivity index (χ3n) is 2.75. The number of fused-ring (bicyclic) bond motifs is 1. The van der Waals surface area contributed by atoms with Crippen molar-refractivity contribution in [2.75, 3.05) is 0 Å². The van der Waals surface area contributed by atoms with Crippen molar-refractivity contribution in [2.45, 2.75) is 6.42 Å². The van der Waals surface area contributed by atoms with E-state index in [0.717, 1.165) is 5.56 Å². The van der Waals surface area contributed by atoms with Crippen LogP contribution in [0.5, 0.6) is 0 Å². The molecule has 1 N–H and O–H groups in total. The van der Waals surface area contributed by atoms with Gasteiger partial charge in [-0.1, -0.05) is 11.6 Å². The summed E-state index contributed by atoms with van der Waals surface area (Å²) >= 11 is 6.10. The maximum absolute atomic E-state index is 10.7. The first-order valence-corrected chi connectivity index (χ1v) is 6.18. The van der Waals surface area contributed by atoms with Crippen LogP contribution in [-0.2, 0) is 11.2 Å². The van der Waals surface area contributed by atoms with E-state index in [-0.39, 0.29) is 6.42 Å². The molecule has 0 spiro atoms. The fourth-order valence-corrected chi connectivity index (χ4v) is 2.15. The molecule has 0 saturated heterocycles. The SMILES string of the molecule is O=C(O)Cc1cc(Cl)n2nc(-c3ccncc3)cc2n1. The van der Waals surface area contributed by atoms with E-state index in [2.05, 4.69) is 15.1 Å². The minimum atomic E-state index is -0.952. The van der Waals surface area contributed by atoms with E-state index in [9.17, 15) is 4.79 Å². The molecule has 0 unspecified atom stereocenters. The van der Waals surface area contributed by atoms with E-state index in [1.165, 1.54) is 10.6 Å². The molecule has 7 heteroatoms. The van der Waals surface area contributed by atoms with Gasteiger partial charge in [0.2, 0.25) is 0 Å². The lowest BCUT2D eigenvalue weighted by Crippen LogP contribution is -2.04. The van der Waals surface area contributed by atoms with Crippen molar-refractivity contribution in [3.63, 3.8) is 0 Å². The number of pyridine rings is 1. The van der Waals surface area contributed by atoms with Gasteiger partial charge < -0.3 is 5.11 Å². The van der Waals surface area contributed by atoms with Gasteiger partial charge in [0.15, 0.2) is 5.65 Å². The summed E-state index contributed by atoms with van der Waals surface area (Å²) in [5.74, 6) is -0.952. The number of nitrogens with zero attached hydrogens (tertiary/aromatic N) is 4. The maximum Gasteiger partial charge on any atom is 0.309 e. The van der Waals surface area contributed by atoms with Gasteiger partial charge in [-0.05, 0) is 18.2 Å². The Morgan fingerprint density at radius 3 is 2.75 bits per heavy atom. The maximum atomic E-state index is 10.7. The minimum Gasteiger partial charge on any atom is -0.481 e. The van der Waals surface area contributed by atoms with E-state index in [0.29, 0.717) is 22.2 Å². The smallest absolute Gasteiger partial charge is 0.309 e. The summed E-state index contributed by atoms with van der Waals surface area (Å²) in [6.07, 6.45) is 3.17. The zero-order valence-electron chi connectivity index (χ0n) is 10.2. The third kappa shape index (κ3) is 2.33. The highest BCUT2D eigenvalue weighted by molar-refractivity contribution is 6.29. The normalized spacial score (nSPS) is 10.8. The molecule has 0 aliphatic rings. The zero-order chi connectivity index (χ0) is 14.1. The molecule has 100 valence electrons. The predicted octanol–water partition coefficient (Wildman–Crippen LogP) is 2.07. The van der Waals surface area contributed by atoms with Crippen LogP contribution in [0.2, 0.25) is 5.15 Å². The molecule has 0 fully saturated rings. The fraction of sp³-hybridized carbons (Fsp3) is 0.0769. The molecule has 0 aliphatic heterocycles. The van der Waals surface area contributed by atoms with Gasteiger partial charge in [0.1, 0.15) is 5.15 Å². The summed E-state index contributed by atoms with van der Waals surface area (Å²) in [6.45, 7) is 0. The second-order valence-electron chi connectivity index (χ2n) is 4.18. The summed E-state index contributed by atoms with van der Waals surface area (Å²) < 4.78 is 1.47. The summed E-state index contributed by atoms with van der Waals surface area (Å²) in [6, 6.07) is 6.92. The molecule has 3 heterocycles. The molecule has 0 atom stereocenters. The van der Waals surface area contributed by atoms with Crippen LogP contribution >= 0.6 is 11.6 Å². The van der Waals surface area contributed by atoms with E-state index < -0.39 is 5.97 Å². The van der Waals surface area contributed by atoms with Gasteiger partial charge in [0, 0.05) is 24.0 Å². The number of carbonyl (C=O) groups is 1. The number of halogens is 1. The van der Waals surface area contributed by atoms with Crippen LogP contribution in [0, 0.1) is 0 Å². The molecular formula is C13H9ClN4O2. The molecule has 0 aromatic carbocycles. The molecule has 0 saturated carbocycles. The molecule has 3 rings (SSSR count). The summed E-state index contributed by atoms with van der Waals surface area (Å²) in [4.78, 5) is 18.9. The van der Waals surface area contributed by atoms with E-state index in [1.54, 1.807) is 18.5 Å². The van der Waals surface area contributed by atoms with Crippen LogP contribution in [0.15, 0.2) is 36.7 Å². The van der Waals surface area contributed by atoms with Gasteiger partial charge in [0.05, 0.1) is 17.8 Å². The highest BCUT2D eigenvalue weighted by Gasteiger charge is 2.11. The van der Waals surface area contributed by atoms with Crippen LogP contribution in [0.4, 0.5) is 0 Å². The number of carboxylic acid groups (broad SMARTS) is 1. The number of aromatic nitrogens is 4. The first-order chi connectivity index (χ1) is 9.63. The van der Waals surface area contributed by atoms with E-state index in [4.69, 9.17) is 16.7 Å². The Morgan fingerprint density at radius 2 is 2.05 bits per heavy atom. The molecule has 6 nitrogen and oxygen atoms in total. The molecule has 0 radical (unpaired) electrons. The molecule has 0 amide bonds. The Morgan fingerprint density at radius 1 is 1.30 bits per heavy atom. The first kappa shape index (κ1) is 12.6.